The van der Waals surface area contributed by atoms with Crippen molar-refractivity contribution in [2.24, 2.45) is 0 Å². The van der Waals surface area contributed by atoms with Crippen molar-refractivity contribution in [2.75, 3.05) is 17.3 Å². The van der Waals surface area contributed by atoms with Crippen LogP contribution in [0.1, 0.15) is 53.4 Å². The molecule has 0 aliphatic rings. The van der Waals surface area contributed by atoms with Gasteiger partial charge in [-0.2, -0.15) is 20.2 Å². The van der Waals surface area contributed by atoms with E-state index in [9.17, 15) is 12.3 Å². The molecule has 0 saturated carbocycles. The number of rotatable bonds is 11. The van der Waals surface area contributed by atoms with Gasteiger partial charge in [0.05, 0.1) is 5.75 Å². The van der Waals surface area contributed by atoms with Gasteiger partial charge in [0.15, 0.2) is 0 Å². The minimum absolute atomic E-state index is 0.311. The SMILES string of the molecule is CC(C)=CCCC(C)=CCCC(C)=CCSCCS(=O)(=O)F. The largest absolute Gasteiger partial charge is 0.303 e. The van der Waals surface area contributed by atoms with Gasteiger partial charge in [-0.25, -0.2) is 0 Å². The fourth-order valence-corrected chi connectivity index (χ4v) is 3.62. The Kier molecular flexibility index (Phi) is 11.6. The molecule has 0 aliphatic carbocycles. The van der Waals surface area contributed by atoms with Crippen LogP contribution in [0.4, 0.5) is 3.89 Å². The monoisotopic (exact) mass is 348 g/mol. The highest BCUT2D eigenvalue weighted by Gasteiger charge is 2.05. The molecule has 0 atom stereocenters. The summed E-state index contributed by atoms with van der Waals surface area (Å²) in [7, 11) is -4.32. The minimum atomic E-state index is -4.32. The maximum atomic E-state index is 12.3. The second-order valence-corrected chi connectivity index (χ2v) is 8.41. The van der Waals surface area contributed by atoms with Crippen LogP contribution in [0.25, 0.3) is 0 Å². The van der Waals surface area contributed by atoms with Crippen molar-refractivity contribution in [1.29, 1.82) is 0 Å². The Hall–Kier alpha value is -0.550. The highest BCUT2D eigenvalue weighted by atomic mass is 32.3. The Balaban J connectivity index is 3.85. The molecule has 0 aliphatic heterocycles. The zero-order valence-corrected chi connectivity index (χ0v) is 15.8. The summed E-state index contributed by atoms with van der Waals surface area (Å²) in [5.74, 6) is 0.661. The van der Waals surface area contributed by atoms with Gasteiger partial charge in [-0.05, 0) is 53.4 Å². The molecule has 0 radical (unpaired) electrons. The topological polar surface area (TPSA) is 34.1 Å². The van der Waals surface area contributed by atoms with Crippen LogP contribution in [0.15, 0.2) is 34.9 Å². The fourth-order valence-electron chi connectivity index (χ4n) is 1.78. The van der Waals surface area contributed by atoms with Crippen LogP contribution < -0.4 is 0 Å². The highest BCUT2D eigenvalue weighted by molar-refractivity contribution is 8.00. The van der Waals surface area contributed by atoms with E-state index in [1.54, 1.807) is 0 Å². The summed E-state index contributed by atoms with van der Waals surface area (Å²) in [6.07, 6.45) is 10.9. The maximum Gasteiger partial charge on any atom is 0.303 e. The van der Waals surface area contributed by atoms with E-state index in [1.165, 1.54) is 28.5 Å². The van der Waals surface area contributed by atoms with Gasteiger partial charge < -0.3 is 0 Å². The molecule has 0 amide bonds. The van der Waals surface area contributed by atoms with Crippen LogP contribution >= 0.6 is 11.8 Å². The lowest BCUT2D eigenvalue weighted by Gasteiger charge is -2.02. The molecular formula is C17H29FO2S2. The normalized spacial score (nSPS) is 13.3. The Bertz CT molecular complexity index is 499. The third kappa shape index (κ3) is 15.8. The van der Waals surface area contributed by atoms with Gasteiger partial charge in [0.2, 0.25) is 0 Å². The van der Waals surface area contributed by atoms with Gasteiger partial charge in [-0.15, -0.1) is 3.89 Å². The van der Waals surface area contributed by atoms with Crippen LogP contribution in [-0.2, 0) is 10.2 Å². The molecule has 0 heterocycles. The molecule has 0 aromatic carbocycles. The Morgan fingerprint density at radius 1 is 0.955 bits per heavy atom. The molecule has 5 heteroatoms. The van der Waals surface area contributed by atoms with E-state index in [1.807, 2.05) is 0 Å². The van der Waals surface area contributed by atoms with Gasteiger partial charge in [0.25, 0.3) is 0 Å². The first-order valence-corrected chi connectivity index (χ1v) is 10.4. The molecule has 0 fully saturated rings. The fraction of sp³-hybridized carbons (Fsp3) is 0.647. The summed E-state index contributed by atoms with van der Waals surface area (Å²) >= 11 is 1.44. The smallest absolute Gasteiger partial charge is 0.195 e. The van der Waals surface area contributed by atoms with Crippen molar-refractivity contribution in [3.8, 4) is 0 Å². The molecule has 0 spiro atoms. The minimum Gasteiger partial charge on any atom is -0.195 e. The quantitative estimate of drug-likeness (QED) is 0.283. The lowest BCUT2D eigenvalue weighted by Crippen LogP contribution is -2.01. The molecular weight excluding hydrogens is 319 g/mol. The van der Waals surface area contributed by atoms with Crippen LogP contribution in [0.3, 0.4) is 0 Å². The Morgan fingerprint density at radius 2 is 1.50 bits per heavy atom. The van der Waals surface area contributed by atoms with E-state index < -0.39 is 16.0 Å². The van der Waals surface area contributed by atoms with Crippen molar-refractivity contribution in [1.82, 2.24) is 0 Å². The standard InChI is InChI=1S/C17H29FO2S2/c1-15(2)7-5-8-16(3)9-6-10-17(4)11-12-21-13-14-22(18,19)20/h7,9,11H,5-6,8,10,12-14H2,1-4H3. The third-order valence-corrected chi connectivity index (χ3v) is 4.99. The van der Waals surface area contributed by atoms with Crippen LogP contribution in [-0.4, -0.2) is 25.7 Å². The summed E-state index contributed by atoms with van der Waals surface area (Å²) < 4.78 is 33.0. The van der Waals surface area contributed by atoms with Crippen LogP contribution in [0, 0.1) is 0 Å². The van der Waals surface area contributed by atoms with E-state index in [0.29, 0.717) is 5.75 Å². The molecule has 0 saturated heterocycles. The molecule has 0 aromatic heterocycles. The van der Waals surface area contributed by atoms with Gasteiger partial charge in [-0.3, -0.25) is 0 Å². The summed E-state index contributed by atoms with van der Waals surface area (Å²) in [6, 6.07) is 0. The first-order valence-electron chi connectivity index (χ1n) is 7.65. The summed E-state index contributed by atoms with van der Waals surface area (Å²) in [5, 5.41) is 0. The van der Waals surface area contributed by atoms with Crippen LogP contribution in [0.5, 0.6) is 0 Å². The predicted octanol–water partition coefficient (Wildman–Crippen LogP) is 5.44. The average Bonchev–Trinajstić information content (AvgIpc) is 2.36. The molecule has 0 aromatic rings. The number of hydrogen-bond donors (Lipinski definition) is 0. The highest BCUT2D eigenvalue weighted by Crippen LogP contribution is 2.12. The average molecular weight is 349 g/mol. The second kappa shape index (κ2) is 11.9. The molecule has 128 valence electrons. The van der Waals surface area contributed by atoms with E-state index in [-0.39, 0.29) is 0 Å². The molecule has 2 nitrogen and oxygen atoms in total. The van der Waals surface area contributed by atoms with Crippen molar-refractivity contribution < 1.29 is 12.3 Å². The van der Waals surface area contributed by atoms with E-state index in [0.717, 1.165) is 31.4 Å². The van der Waals surface area contributed by atoms with Gasteiger partial charge in [-0.1, -0.05) is 34.9 Å². The zero-order valence-electron chi connectivity index (χ0n) is 14.2. The molecule has 0 bridgehead atoms. The van der Waals surface area contributed by atoms with E-state index >= 15 is 0 Å². The Morgan fingerprint density at radius 3 is 2.05 bits per heavy atom. The lowest BCUT2D eigenvalue weighted by atomic mass is 10.1. The Labute approximate surface area is 140 Å². The lowest BCUT2D eigenvalue weighted by molar-refractivity contribution is 0.554. The third-order valence-electron chi connectivity index (χ3n) is 3.14. The summed E-state index contributed by atoms with van der Waals surface area (Å²) in [4.78, 5) is 0. The number of halogens is 1. The second-order valence-electron chi connectivity index (χ2n) is 5.78. The predicted molar refractivity (Wildman–Crippen MR) is 97.6 cm³/mol. The van der Waals surface area contributed by atoms with Gasteiger partial charge in [0, 0.05) is 11.5 Å². The van der Waals surface area contributed by atoms with Gasteiger partial charge >= 0.3 is 10.2 Å². The molecule has 0 rings (SSSR count). The van der Waals surface area contributed by atoms with Crippen molar-refractivity contribution in [2.45, 2.75) is 53.4 Å². The first-order chi connectivity index (χ1) is 10.2. The first kappa shape index (κ1) is 21.4. The van der Waals surface area contributed by atoms with Crippen molar-refractivity contribution >= 4 is 22.0 Å². The maximum absolute atomic E-state index is 12.3. The number of allylic oxidation sites excluding steroid dienone is 5. The summed E-state index contributed by atoms with van der Waals surface area (Å²) in [6.45, 7) is 8.49. The number of hydrogen-bond acceptors (Lipinski definition) is 3. The molecule has 0 unspecified atom stereocenters. The van der Waals surface area contributed by atoms with E-state index in [2.05, 4.69) is 45.9 Å². The molecule has 0 N–H and O–H groups in total. The zero-order chi connectivity index (χ0) is 17.0. The van der Waals surface area contributed by atoms with Gasteiger partial charge in [0.1, 0.15) is 0 Å². The molecule has 22 heavy (non-hydrogen) atoms. The number of thioether (sulfide) groups is 1. The van der Waals surface area contributed by atoms with Crippen molar-refractivity contribution in [3.05, 3.63) is 34.9 Å². The summed E-state index contributed by atoms with van der Waals surface area (Å²) in [5.41, 5.74) is 4.08. The van der Waals surface area contributed by atoms with Crippen LogP contribution in [0.2, 0.25) is 0 Å². The van der Waals surface area contributed by atoms with E-state index in [4.69, 9.17) is 0 Å². The van der Waals surface area contributed by atoms with Crippen molar-refractivity contribution in [3.63, 3.8) is 0 Å².